The van der Waals surface area contributed by atoms with E-state index < -0.39 is 13.4 Å². The molecule has 0 spiro atoms. The van der Waals surface area contributed by atoms with Gasteiger partial charge in [0.15, 0.2) is 5.85 Å². The minimum absolute atomic E-state index is 0.144. The number of ether oxygens (including phenoxy) is 1. The summed E-state index contributed by atoms with van der Waals surface area (Å²) in [5.74, 6) is -0.572. The van der Waals surface area contributed by atoms with Crippen molar-refractivity contribution in [2.45, 2.75) is 25.8 Å². The molecule has 6 heteroatoms. The lowest BCUT2D eigenvalue weighted by Gasteiger charge is -2.14. The largest absolute Gasteiger partial charge is 0.394 e. The topological polar surface area (TPSA) is 68.3 Å². The molecule has 1 rings (SSSR count). The van der Waals surface area contributed by atoms with Crippen LogP contribution >= 0.6 is 7.60 Å². The van der Waals surface area contributed by atoms with Crippen LogP contribution in [0.5, 0.6) is 0 Å². The van der Waals surface area contributed by atoms with Crippen LogP contribution in [0.2, 0.25) is 0 Å². The molecule has 0 unspecified atom stereocenters. The van der Waals surface area contributed by atoms with E-state index in [0.29, 0.717) is 13.2 Å². The molecule has 5 nitrogen and oxygen atoms in total. The van der Waals surface area contributed by atoms with Gasteiger partial charge in [0.2, 0.25) is 0 Å². The first-order valence-corrected chi connectivity index (χ1v) is 5.94. The third kappa shape index (κ3) is 2.51. The van der Waals surface area contributed by atoms with Crippen LogP contribution in [0.3, 0.4) is 0 Å². The van der Waals surface area contributed by atoms with Crippen LogP contribution in [-0.4, -0.2) is 36.9 Å². The first kappa shape index (κ1) is 11.1. The summed E-state index contributed by atoms with van der Waals surface area (Å²) in [7, 11) is -3.14. The molecule has 13 heavy (non-hydrogen) atoms. The molecular weight excluding hydrogens is 195 g/mol. The Labute approximate surface area is 77.5 Å². The highest BCUT2D eigenvalue weighted by atomic mass is 31.2. The number of epoxide rings is 1. The first-order chi connectivity index (χ1) is 6.18. The van der Waals surface area contributed by atoms with Crippen molar-refractivity contribution < 1.29 is 23.5 Å². The van der Waals surface area contributed by atoms with Gasteiger partial charge in [-0.05, 0) is 13.8 Å². The number of rotatable bonds is 6. The summed E-state index contributed by atoms with van der Waals surface area (Å²) in [6.45, 7) is 3.96. The summed E-state index contributed by atoms with van der Waals surface area (Å²) in [6.07, 6.45) is -0.385. The van der Waals surface area contributed by atoms with Crippen molar-refractivity contribution in [3.8, 4) is 0 Å². The van der Waals surface area contributed by atoms with Crippen LogP contribution in [0.15, 0.2) is 0 Å². The Bertz CT molecular complexity index is 197. The van der Waals surface area contributed by atoms with E-state index in [0.717, 1.165) is 0 Å². The Morgan fingerprint density at radius 1 is 1.38 bits per heavy atom. The molecule has 0 aromatic carbocycles. The van der Waals surface area contributed by atoms with Gasteiger partial charge in [0.25, 0.3) is 0 Å². The van der Waals surface area contributed by atoms with Gasteiger partial charge in [0.05, 0.1) is 19.8 Å². The molecule has 0 bridgehead atoms. The van der Waals surface area contributed by atoms with Gasteiger partial charge in [-0.2, -0.15) is 0 Å². The summed E-state index contributed by atoms with van der Waals surface area (Å²) in [6, 6.07) is 0. The summed E-state index contributed by atoms with van der Waals surface area (Å²) in [5.41, 5.74) is 0. The zero-order valence-corrected chi connectivity index (χ0v) is 8.70. The van der Waals surface area contributed by atoms with Gasteiger partial charge in [0.1, 0.15) is 6.10 Å². The minimum atomic E-state index is -3.14. The Hall–Kier alpha value is 0.0700. The van der Waals surface area contributed by atoms with Crippen molar-refractivity contribution in [2.24, 2.45) is 0 Å². The van der Waals surface area contributed by atoms with Gasteiger partial charge in [-0.3, -0.25) is 4.57 Å². The van der Waals surface area contributed by atoms with E-state index in [1.165, 1.54) is 0 Å². The Morgan fingerprint density at radius 2 is 1.92 bits per heavy atom. The molecule has 1 fully saturated rings. The molecule has 0 aliphatic carbocycles. The maximum Gasteiger partial charge on any atom is 0.361 e. The van der Waals surface area contributed by atoms with Gasteiger partial charge >= 0.3 is 7.60 Å². The van der Waals surface area contributed by atoms with Crippen LogP contribution in [0, 0.1) is 0 Å². The number of hydrogen-bond donors (Lipinski definition) is 1. The second kappa shape index (κ2) is 4.53. The van der Waals surface area contributed by atoms with Crippen LogP contribution < -0.4 is 0 Å². The highest BCUT2D eigenvalue weighted by molar-refractivity contribution is 7.54. The fraction of sp³-hybridized carbons (Fsp3) is 1.00. The molecule has 0 aromatic heterocycles. The average molecular weight is 210 g/mol. The zero-order chi connectivity index (χ0) is 9.90. The van der Waals surface area contributed by atoms with Crippen molar-refractivity contribution in [1.29, 1.82) is 0 Å². The Kier molecular flexibility index (Phi) is 3.88. The second-order valence-corrected chi connectivity index (χ2v) is 4.73. The molecule has 2 atom stereocenters. The first-order valence-electron chi connectivity index (χ1n) is 4.33. The lowest BCUT2D eigenvalue weighted by atomic mass is 10.5. The molecule has 0 saturated carbocycles. The number of aliphatic hydroxyl groups excluding tert-OH is 1. The Balaban J connectivity index is 2.53. The standard InChI is InChI=1S/C7H15O5P/c1-3-10-13(9,11-4-2)7-6(5-8)12-7/h6-8H,3-5H2,1-2H3/t6-,7-/m0/s1. The highest BCUT2D eigenvalue weighted by Crippen LogP contribution is 2.61. The fourth-order valence-corrected chi connectivity index (χ4v) is 2.98. The maximum atomic E-state index is 11.9. The van der Waals surface area contributed by atoms with Crippen LogP contribution in [0.1, 0.15) is 13.8 Å². The lowest BCUT2D eigenvalue weighted by Crippen LogP contribution is -2.06. The zero-order valence-electron chi connectivity index (χ0n) is 7.80. The van der Waals surface area contributed by atoms with Crippen LogP contribution in [-0.2, 0) is 18.3 Å². The Morgan fingerprint density at radius 3 is 2.23 bits per heavy atom. The number of aliphatic hydroxyl groups is 1. The molecule has 0 amide bonds. The summed E-state index contributed by atoms with van der Waals surface area (Å²) in [4.78, 5) is 0. The normalized spacial score (nSPS) is 27.6. The molecule has 1 heterocycles. The molecular formula is C7H15O5P. The lowest BCUT2D eigenvalue weighted by molar-refractivity contribution is 0.207. The van der Waals surface area contributed by atoms with E-state index in [9.17, 15) is 4.57 Å². The highest BCUT2D eigenvalue weighted by Gasteiger charge is 2.54. The van der Waals surface area contributed by atoms with Crippen LogP contribution in [0.4, 0.5) is 0 Å². The van der Waals surface area contributed by atoms with Crippen molar-refractivity contribution >= 4 is 7.60 Å². The summed E-state index contributed by atoms with van der Waals surface area (Å²) in [5, 5.41) is 8.72. The van der Waals surface area contributed by atoms with E-state index in [1.807, 2.05) is 0 Å². The molecule has 0 radical (unpaired) electrons. The molecule has 78 valence electrons. The van der Waals surface area contributed by atoms with E-state index in [4.69, 9.17) is 18.9 Å². The molecule has 1 aliphatic rings. The van der Waals surface area contributed by atoms with Crippen molar-refractivity contribution in [3.05, 3.63) is 0 Å². The van der Waals surface area contributed by atoms with E-state index in [2.05, 4.69) is 0 Å². The number of hydrogen-bond acceptors (Lipinski definition) is 5. The molecule has 0 aromatic rings. The van der Waals surface area contributed by atoms with E-state index in [1.54, 1.807) is 13.8 Å². The SMILES string of the molecule is CCOP(=O)(OCC)[C@@H]1O[C@H]1CO. The second-order valence-electron chi connectivity index (χ2n) is 2.62. The van der Waals surface area contributed by atoms with E-state index >= 15 is 0 Å². The van der Waals surface area contributed by atoms with Crippen molar-refractivity contribution in [3.63, 3.8) is 0 Å². The third-order valence-corrected chi connectivity index (χ3v) is 3.98. The van der Waals surface area contributed by atoms with Gasteiger partial charge < -0.3 is 18.9 Å². The minimum Gasteiger partial charge on any atom is -0.394 e. The fourth-order valence-electron chi connectivity index (χ4n) is 1.09. The van der Waals surface area contributed by atoms with Gasteiger partial charge in [-0.15, -0.1) is 0 Å². The van der Waals surface area contributed by atoms with Crippen molar-refractivity contribution in [2.75, 3.05) is 19.8 Å². The van der Waals surface area contributed by atoms with E-state index in [-0.39, 0.29) is 12.7 Å². The quantitative estimate of drug-likeness (QED) is 0.522. The monoisotopic (exact) mass is 210 g/mol. The van der Waals surface area contributed by atoms with Gasteiger partial charge in [-0.25, -0.2) is 0 Å². The van der Waals surface area contributed by atoms with Gasteiger partial charge in [-0.1, -0.05) is 0 Å². The average Bonchev–Trinajstić information content (AvgIpc) is 2.84. The summed E-state index contributed by atoms with van der Waals surface area (Å²) < 4.78 is 26.9. The van der Waals surface area contributed by atoms with Crippen LogP contribution in [0.25, 0.3) is 0 Å². The summed E-state index contributed by atoms with van der Waals surface area (Å²) >= 11 is 0. The third-order valence-electron chi connectivity index (χ3n) is 1.67. The predicted molar refractivity (Wildman–Crippen MR) is 46.6 cm³/mol. The maximum absolute atomic E-state index is 11.9. The van der Waals surface area contributed by atoms with Crippen molar-refractivity contribution in [1.82, 2.24) is 0 Å². The predicted octanol–water partition coefficient (Wildman–Crippen LogP) is 0.970. The molecule has 1 aliphatic heterocycles. The van der Waals surface area contributed by atoms with Gasteiger partial charge in [0, 0.05) is 0 Å². The molecule has 1 saturated heterocycles. The molecule has 1 N–H and O–H groups in total. The smallest absolute Gasteiger partial charge is 0.361 e.